The Morgan fingerprint density at radius 2 is 1.33 bits per heavy atom. The lowest BCUT2D eigenvalue weighted by Crippen LogP contribution is -2.46. The zero-order valence-corrected chi connectivity index (χ0v) is 20.6. The van der Waals surface area contributed by atoms with Gasteiger partial charge in [-0.3, -0.25) is 4.79 Å². The number of carbonyl (C=O) groups excluding carboxylic acids is 1. The number of Topliss-reactive ketones (excluding diaryl/α,β-unsaturated/α-hetero) is 1. The average Bonchev–Trinajstić information content (AvgIpc) is 3.17. The summed E-state index contributed by atoms with van der Waals surface area (Å²) in [4.78, 5) is 30.3. The molecule has 1 aliphatic heterocycles. The van der Waals surface area contributed by atoms with Crippen molar-refractivity contribution in [1.29, 1.82) is 0 Å². The van der Waals surface area contributed by atoms with Crippen LogP contribution in [0.3, 0.4) is 0 Å². The van der Waals surface area contributed by atoms with Crippen molar-refractivity contribution >= 4 is 28.8 Å². The van der Waals surface area contributed by atoms with E-state index in [0.29, 0.717) is 22.1 Å². The predicted octanol–water partition coefficient (Wildman–Crippen LogP) is 3.91. The molecule has 0 radical (unpaired) electrons. The second-order valence-corrected chi connectivity index (χ2v) is 9.20. The van der Waals surface area contributed by atoms with Gasteiger partial charge in [0, 0.05) is 48.1 Å². The molecule has 0 atom stereocenters. The summed E-state index contributed by atoms with van der Waals surface area (Å²) in [5.41, 5.74) is 3.01. The third kappa shape index (κ3) is 4.85. The lowest BCUT2D eigenvalue weighted by atomic mass is 10.1. The minimum absolute atomic E-state index is 0.141. The van der Waals surface area contributed by atoms with Crippen molar-refractivity contribution in [3.8, 4) is 11.4 Å². The van der Waals surface area contributed by atoms with E-state index in [0.717, 1.165) is 37.6 Å². The molecule has 184 valence electrons. The second kappa shape index (κ2) is 9.91. The van der Waals surface area contributed by atoms with Gasteiger partial charge in [-0.1, -0.05) is 11.6 Å². The molecular formula is C27H26ClN5O3. The van der Waals surface area contributed by atoms with Gasteiger partial charge in [0.2, 0.25) is 0 Å². The fraction of sp³-hybridized carbons (Fsp3) is 0.222. The highest BCUT2D eigenvalue weighted by atomic mass is 35.5. The highest BCUT2D eigenvalue weighted by molar-refractivity contribution is 6.30. The molecular weight excluding hydrogens is 478 g/mol. The fourth-order valence-corrected chi connectivity index (χ4v) is 4.60. The Morgan fingerprint density at radius 3 is 1.89 bits per heavy atom. The monoisotopic (exact) mass is 503 g/mol. The molecule has 9 heteroatoms. The predicted molar refractivity (Wildman–Crippen MR) is 141 cm³/mol. The van der Waals surface area contributed by atoms with Crippen LogP contribution in [0.5, 0.6) is 5.75 Å². The molecule has 1 aliphatic rings. The first-order valence-electron chi connectivity index (χ1n) is 11.7. The molecule has 1 N–H and O–H groups in total. The molecule has 0 spiro atoms. The molecule has 0 aliphatic carbocycles. The highest BCUT2D eigenvalue weighted by Gasteiger charge is 2.19. The molecule has 0 saturated carbocycles. The Kier molecular flexibility index (Phi) is 6.52. The van der Waals surface area contributed by atoms with Gasteiger partial charge in [-0.2, -0.15) is 5.10 Å². The van der Waals surface area contributed by atoms with Crippen LogP contribution >= 0.6 is 11.6 Å². The van der Waals surface area contributed by atoms with Gasteiger partial charge in [0.15, 0.2) is 5.78 Å². The van der Waals surface area contributed by atoms with Crippen LogP contribution in [0.4, 0.5) is 11.4 Å². The summed E-state index contributed by atoms with van der Waals surface area (Å²) >= 11 is 5.90. The first-order valence-corrected chi connectivity index (χ1v) is 12.1. The van der Waals surface area contributed by atoms with Gasteiger partial charge < -0.3 is 14.9 Å². The largest absolute Gasteiger partial charge is 0.508 e. The van der Waals surface area contributed by atoms with E-state index in [1.807, 2.05) is 36.4 Å². The number of aryl methyl sites for hydroxylation is 1. The van der Waals surface area contributed by atoms with Crippen LogP contribution in [-0.4, -0.2) is 51.4 Å². The van der Waals surface area contributed by atoms with Gasteiger partial charge in [-0.25, -0.2) is 14.0 Å². The molecule has 36 heavy (non-hydrogen) atoms. The Bertz CT molecular complexity index is 1420. The average molecular weight is 504 g/mol. The number of carbonyl (C=O) groups is 1. The number of ketones is 1. The first-order chi connectivity index (χ1) is 17.4. The lowest BCUT2D eigenvalue weighted by molar-refractivity contribution is 0.0966. The van der Waals surface area contributed by atoms with Gasteiger partial charge >= 0.3 is 5.69 Å². The number of rotatable bonds is 6. The van der Waals surface area contributed by atoms with Crippen LogP contribution in [0.15, 0.2) is 77.6 Å². The molecule has 4 aromatic rings. The van der Waals surface area contributed by atoms with E-state index < -0.39 is 0 Å². The molecule has 5 rings (SSSR count). The Labute approximate surface area is 213 Å². The summed E-state index contributed by atoms with van der Waals surface area (Å²) in [5, 5.41) is 14.4. The van der Waals surface area contributed by atoms with Crippen molar-refractivity contribution in [2.45, 2.75) is 13.5 Å². The van der Waals surface area contributed by atoms with Gasteiger partial charge in [-0.15, -0.1) is 0 Å². The van der Waals surface area contributed by atoms with E-state index in [1.165, 1.54) is 9.25 Å². The summed E-state index contributed by atoms with van der Waals surface area (Å²) in [6, 6.07) is 21.7. The van der Waals surface area contributed by atoms with Crippen molar-refractivity contribution in [3.63, 3.8) is 0 Å². The van der Waals surface area contributed by atoms with E-state index in [1.54, 1.807) is 43.3 Å². The minimum Gasteiger partial charge on any atom is -0.508 e. The van der Waals surface area contributed by atoms with Crippen LogP contribution in [0.25, 0.3) is 5.69 Å². The van der Waals surface area contributed by atoms with Gasteiger partial charge in [0.05, 0.1) is 5.69 Å². The Morgan fingerprint density at radius 1 is 0.833 bits per heavy atom. The number of hydrogen-bond donors (Lipinski definition) is 1. The summed E-state index contributed by atoms with van der Waals surface area (Å²) in [6.07, 6.45) is 0. The Hall–Kier alpha value is -4.04. The van der Waals surface area contributed by atoms with Crippen LogP contribution in [0.1, 0.15) is 16.2 Å². The number of nitrogens with zero attached hydrogens (tertiary/aromatic N) is 5. The van der Waals surface area contributed by atoms with Crippen molar-refractivity contribution in [2.24, 2.45) is 0 Å². The van der Waals surface area contributed by atoms with Crippen LogP contribution in [0.2, 0.25) is 5.02 Å². The van der Waals surface area contributed by atoms with E-state index in [4.69, 9.17) is 11.6 Å². The smallest absolute Gasteiger partial charge is 0.350 e. The van der Waals surface area contributed by atoms with Crippen LogP contribution in [0, 0.1) is 6.92 Å². The number of benzene rings is 3. The molecule has 1 aromatic heterocycles. The molecule has 0 amide bonds. The van der Waals surface area contributed by atoms with Crippen molar-refractivity contribution in [3.05, 3.63) is 99.7 Å². The SMILES string of the molecule is Cc1nn(CC(=O)c2ccc(Cl)cc2)c(=O)n1-c1ccc(N2CCN(c3ccc(O)cc3)CC2)cc1. The van der Waals surface area contributed by atoms with Crippen molar-refractivity contribution in [1.82, 2.24) is 14.3 Å². The van der Waals surface area contributed by atoms with Crippen LogP contribution < -0.4 is 15.5 Å². The third-order valence-corrected chi connectivity index (χ3v) is 6.68. The summed E-state index contributed by atoms with van der Waals surface area (Å²) in [6.45, 7) is 5.09. The molecule has 0 bridgehead atoms. The lowest BCUT2D eigenvalue weighted by Gasteiger charge is -2.37. The number of aromatic hydroxyl groups is 1. The van der Waals surface area contributed by atoms with E-state index in [2.05, 4.69) is 14.9 Å². The molecule has 3 aromatic carbocycles. The molecule has 1 fully saturated rings. The summed E-state index contributed by atoms with van der Waals surface area (Å²) in [5.74, 6) is 0.574. The summed E-state index contributed by atoms with van der Waals surface area (Å²) < 4.78 is 2.71. The first kappa shape index (κ1) is 23.7. The zero-order valence-electron chi connectivity index (χ0n) is 19.8. The maximum Gasteiger partial charge on any atom is 0.350 e. The fourth-order valence-electron chi connectivity index (χ4n) is 4.48. The van der Waals surface area contributed by atoms with Gasteiger partial charge in [0.25, 0.3) is 0 Å². The number of aromatic nitrogens is 3. The molecule has 2 heterocycles. The number of anilines is 2. The van der Waals surface area contributed by atoms with Crippen LogP contribution in [-0.2, 0) is 6.54 Å². The van der Waals surface area contributed by atoms with E-state index in [9.17, 15) is 14.7 Å². The highest BCUT2D eigenvalue weighted by Crippen LogP contribution is 2.23. The Balaban J connectivity index is 1.27. The summed E-state index contributed by atoms with van der Waals surface area (Å²) in [7, 11) is 0. The number of phenols is 1. The number of halogens is 1. The second-order valence-electron chi connectivity index (χ2n) is 8.76. The maximum atomic E-state index is 13.0. The molecule has 1 saturated heterocycles. The molecule has 8 nitrogen and oxygen atoms in total. The minimum atomic E-state index is -0.356. The zero-order chi connectivity index (χ0) is 25.2. The number of phenolic OH excluding ortho intramolecular Hbond substituents is 1. The standard InChI is InChI=1S/C27H26ClN5O3/c1-19-29-32(18-26(35)20-2-4-21(28)5-3-20)27(36)33(19)24-8-6-22(7-9-24)30-14-16-31(17-15-30)23-10-12-25(34)13-11-23/h2-13,34H,14-18H2,1H3. The third-order valence-electron chi connectivity index (χ3n) is 6.43. The number of piperazine rings is 1. The van der Waals surface area contributed by atoms with Gasteiger partial charge in [0.1, 0.15) is 18.1 Å². The topological polar surface area (TPSA) is 83.6 Å². The number of hydrogen-bond acceptors (Lipinski definition) is 6. The quantitative estimate of drug-likeness (QED) is 0.402. The van der Waals surface area contributed by atoms with Gasteiger partial charge in [-0.05, 0) is 79.7 Å². The van der Waals surface area contributed by atoms with Crippen molar-refractivity contribution < 1.29 is 9.90 Å². The normalized spacial score (nSPS) is 13.7. The maximum absolute atomic E-state index is 13.0. The van der Waals surface area contributed by atoms with E-state index in [-0.39, 0.29) is 23.8 Å². The van der Waals surface area contributed by atoms with Crippen molar-refractivity contribution in [2.75, 3.05) is 36.0 Å². The molecule has 0 unspecified atom stereocenters. The van der Waals surface area contributed by atoms with E-state index >= 15 is 0 Å².